The number of primary amides is 1. The molecule has 2 rings (SSSR count). The highest BCUT2D eigenvalue weighted by molar-refractivity contribution is 7.80. The van der Waals surface area contributed by atoms with Crippen LogP contribution in [-0.2, 0) is 30.4 Å². The normalized spacial score (nSPS) is 18.2. The third kappa shape index (κ3) is 7.46. The number of rotatable bonds is 12. The number of nitrogens with one attached hydrogen (secondary N) is 3. The number of hydrogen-bond donors (Lipinski definition) is 7. The standard InChI is InChI=1S/C19H29N7O6S/c20-11(6-10-7-22-9-23-10)16(28)24-12(3-4-15(21)27)18(30)26-5-1-2-14(26)17(29)25-13(8-33)19(31)32/h7,9,11-14,33H,1-6,8,20H2,(H2,21,27)(H,22,23)(H,24,28)(H,25,29)(H,31,32). The molecule has 8 N–H and O–H groups in total. The zero-order valence-corrected chi connectivity index (χ0v) is 18.8. The number of aromatic amines is 1. The van der Waals surface area contributed by atoms with Crippen molar-refractivity contribution >= 4 is 42.2 Å². The number of nitrogens with zero attached hydrogens (tertiary/aromatic N) is 2. The van der Waals surface area contributed by atoms with E-state index in [-0.39, 0.29) is 31.6 Å². The first kappa shape index (κ1) is 26.1. The molecule has 1 aliphatic heterocycles. The first-order chi connectivity index (χ1) is 15.6. The first-order valence-corrected chi connectivity index (χ1v) is 11.0. The van der Waals surface area contributed by atoms with Gasteiger partial charge in [0.2, 0.25) is 23.6 Å². The van der Waals surface area contributed by atoms with Gasteiger partial charge in [0.15, 0.2) is 0 Å². The van der Waals surface area contributed by atoms with E-state index in [2.05, 4.69) is 33.2 Å². The average molecular weight is 484 g/mol. The van der Waals surface area contributed by atoms with Crippen LogP contribution >= 0.6 is 12.6 Å². The van der Waals surface area contributed by atoms with Gasteiger partial charge in [-0.1, -0.05) is 0 Å². The van der Waals surface area contributed by atoms with Gasteiger partial charge < -0.3 is 37.1 Å². The topological polar surface area (TPSA) is 214 Å². The quantitative estimate of drug-likeness (QED) is 0.158. The summed E-state index contributed by atoms with van der Waals surface area (Å²) in [4.78, 5) is 68.9. The van der Waals surface area contributed by atoms with Crippen molar-refractivity contribution in [2.45, 2.75) is 56.3 Å². The van der Waals surface area contributed by atoms with E-state index in [1.54, 1.807) is 0 Å². The van der Waals surface area contributed by atoms with E-state index in [4.69, 9.17) is 16.6 Å². The fourth-order valence-electron chi connectivity index (χ4n) is 3.51. The molecule has 1 aromatic heterocycles. The minimum Gasteiger partial charge on any atom is -0.480 e. The number of likely N-dealkylation sites (tertiary alicyclic amines) is 1. The molecule has 0 spiro atoms. The zero-order chi connectivity index (χ0) is 24.5. The summed E-state index contributed by atoms with van der Waals surface area (Å²) in [7, 11) is 0. The number of nitrogens with two attached hydrogens (primary N) is 2. The molecule has 182 valence electrons. The molecule has 0 aromatic carbocycles. The lowest BCUT2D eigenvalue weighted by Gasteiger charge is -2.29. The third-order valence-corrected chi connectivity index (χ3v) is 5.63. The fourth-order valence-corrected chi connectivity index (χ4v) is 3.75. The molecule has 2 heterocycles. The number of aliphatic carboxylic acids is 1. The number of thiol groups is 1. The molecule has 1 fully saturated rings. The van der Waals surface area contributed by atoms with Crippen LogP contribution in [0.2, 0.25) is 0 Å². The van der Waals surface area contributed by atoms with Crippen LogP contribution < -0.4 is 22.1 Å². The van der Waals surface area contributed by atoms with Gasteiger partial charge in [-0.15, -0.1) is 0 Å². The number of carbonyl (C=O) groups is 5. The van der Waals surface area contributed by atoms with E-state index in [1.807, 2.05) is 0 Å². The van der Waals surface area contributed by atoms with Crippen molar-refractivity contribution in [3.8, 4) is 0 Å². The Balaban J connectivity index is 2.10. The van der Waals surface area contributed by atoms with Gasteiger partial charge in [-0.05, 0) is 19.3 Å². The van der Waals surface area contributed by atoms with E-state index in [1.165, 1.54) is 17.4 Å². The number of aromatic nitrogens is 2. The molecule has 0 saturated carbocycles. The molecule has 1 aromatic rings. The van der Waals surface area contributed by atoms with Crippen LogP contribution in [0.15, 0.2) is 12.5 Å². The number of imidazole rings is 1. The van der Waals surface area contributed by atoms with Crippen molar-refractivity contribution in [3.63, 3.8) is 0 Å². The molecule has 4 atom stereocenters. The second kappa shape index (κ2) is 12.2. The van der Waals surface area contributed by atoms with Crippen molar-refractivity contribution < 1.29 is 29.1 Å². The predicted molar refractivity (Wildman–Crippen MR) is 119 cm³/mol. The van der Waals surface area contributed by atoms with Crippen molar-refractivity contribution in [1.82, 2.24) is 25.5 Å². The summed E-state index contributed by atoms with van der Waals surface area (Å²) in [5.74, 6) is -3.84. The molecule has 0 bridgehead atoms. The van der Waals surface area contributed by atoms with Gasteiger partial charge in [0, 0.05) is 37.0 Å². The summed E-state index contributed by atoms with van der Waals surface area (Å²) >= 11 is 3.92. The number of carboxylic acid groups (broad SMARTS) is 1. The minimum absolute atomic E-state index is 0.0735. The Labute approximate surface area is 195 Å². The highest BCUT2D eigenvalue weighted by Gasteiger charge is 2.39. The highest BCUT2D eigenvalue weighted by atomic mass is 32.1. The van der Waals surface area contributed by atoms with Crippen LogP contribution in [0.3, 0.4) is 0 Å². The van der Waals surface area contributed by atoms with Crippen LogP contribution in [0.1, 0.15) is 31.4 Å². The summed E-state index contributed by atoms with van der Waals surface area (Å²) in [6.45, 7) is 0.235. The molecule has 1 saturated heterocycles. The maximum absolute atomic E-state index is 13.2. The van der Waals surface area contributed by atoms with Gasteiger partial charge in [-0.3, -0.25) is 19.2 Å². The lowest BCUT2D eigenvalue weighted by atomic mass is 10.1. The number of H-pyrrole nitrogens is 1. The largest absolute Gasteiger partial charge is 0.480 e. The van der Waals surface area contributed by atoms with Crippen LogP contribution in [-0.4, -0.2) is 86.0 Å². The molecule has 13 nitrogen and oxygen atoms in total. The highest BCUT2D eigenvalue weighted by Crippen LogP contribution is 2.20. The molecule has 4 amide bonds. The van der Waals surface area contributed by atoms with Crippen molar-refractivity contribution in [3.05, 3.63) is 18.2 Å². The second-order valence-corrected chi connectivity index (χ2v) is 8.09. The summed E-state index contributed by atoms with van der Waals surface area (Å²) in [6.07, 6.45) is 3.71. The Morgan fingerprint density at radius 1 is 1.27 bits per heavy atom. The van der Waals surface area contributed by atoms with Crippen molar-refractivity contribution in [2.75, 3.05) is 12.3 Å². The molecule has 14 heteroatoms. The van der Waals surface area contributed by atoms with Crippen LogP contribution in [0, 0.1) is 0 Å². The van der Waals surface area contributed by atoms with Gasteiger partial charge in [0.05, 0.1) is 12.4 Å². The molecule has 33 heavy (non-hydrogen) atoms. The van der Waals surface area contributed by atoms with Crippen LogP contribution in [0.5, 0.6) is 0 Å². The number of carbonyl (C=O) groups excluding carboxylic acids is 4. The van der Waals surface area contributed by atoms with Crippen LogP contribution in [0.4, 0.5) is 0 Å². The zero-order valence-electron chi connectivity index (χ0n) is 17.9. The SMILES string of the molecule is NC(=O)CCC(NC(=O)C(N)Cc1cnc[nH]1)C(=O)N1CCCC1C(=O)NC(CS)C(=O)O. The Morgan fingerprint density at radius 2 is 2.00 bits per heavy atom. The number of carboxylic acids is 1. The summed E-state index contributed by atoms with van der Waals surface area (Å²) < 4.78 is 0. The summed E-state index contributed by atoms with van der Waals surface area (Å²) in [6, 6.07) is -4.24. The maximum Gasteiger partial charge on any atom is 0.327 e. The average Bonchev–Trinajstić information content (AvgIpc) is 3.45. The van der Waals surface area contributed by atoms with Gasteiger partial charge in [0.25, 0.3) is 0 Å². The molecule has 1 aliphatic rings. The van der Waals surface area contributed by atoms with E-state index < -0.39 is 53.8 Å². The first-order valence-electron chi connectivity index (χ1n) is 10.4. The summed E-state index contributed by atoms with van der Waals surface area (Å²) in [5, 5.41) is 14.1. The van der Waals surface area contributed by atoms with E-state index in [9.17, 15) is 24.0 Å². The smallest absolute Gasteiger partial charge is 0.327 e. The maximum atomic E-state index is 13.2. The predicted octanol–water partition coefficient (Wildman–Crippen LogP) is -2.48. The lowest BCUT2D eigenvalue weighted by molar-refractivity contribution is -0.144. The number of amides is 4. The molecule has 0 aliphatic carbocycles. The van der Waals surface area contributed by atoms with Gasteiger partial charge in [0.1, 0.15) is 18.1 Å². The molecular weight excluding hydrogens is 454 g/mol. The summed E-state index contributed by atoms with van der Waals surface area (Å²) in [5.41, 5.74) is 11.8. The van der Waals surface area contributed by atoms with Gasteiger partial charge in [-0.25, -0.2) is 9.78 Å². The Morgan fingerprint density at radius 3 is 2.58 bits per heavy atom. The molecule has 0 radical (unpaired) electrons. The molecular formula is C19H29N7O6S. The van der Waals surface area contributed by atoms with E-state index in [0.717, 1.165) is 0 Å². The van der Waals surface area contributed by atoms with Crippen LogP contribution in [0.25, 0.3) is 0 Å². The third-order valence-electron chi connectivity index (χ3n) is 5.26. The number of hydrogen-bond acceptors (Lipinski definition) is 8. The Hall–Kier alpha value is -3.13. The van der Waals surface area contributed by atoms with Gasteiger partial charge >= 0.3 is 5.97 Å². The van der Waals surface area contributed by atoms with E-state index >= 15 is 0 Å². The lowest BCUT2D eigenvalue weighted by Crippen LogP contribution is -2.57. The Kier molecular flexibility index (Phi) is 9.66. The van der Waals surface area contributed by atoms with Crippen molar-refractivity contribution in [2.24, 2.45) is 11.5 Å². The van der Waals surface area contributed by atoms with Crippen molar-refractivity contribution in [1.29, 1.82) is 0 Å². The monoisotopic (exact) mass is 483 g/mol. The minimum atomic E-state index is -1.24. The molecule has 4 unspecified atom stereocenters. The van der Waals surface area contributed by atoms with E-state index in [0.29, 0.717) is 18.5 Å². The fraction of sp³-hybridized carbons (Fsp3) is 0.579. The van der Waals surface area contributed by atoms with Gasteiger partial charge in [-0.2, -0.15) is 12.6 Å². The second-order valence-electron chi connectivity index (χ2n) is 7.73. The Bertz CT molecular complexity index is 865.